The van der Waals surface area contributed by atoms with Crippen LogP contribution in [0.1, 0.15) is 32.0 Å². The Hall–Kier alpha value is -2.15. The van der Waals surface area contributed by atoms with Crippen molar-refractivity contribution in [3.8, 4) is 0 Å². The molecule has 20 heavy (non-hydrogen) atoms. The number of ether oxygens (including phenoxy) is 1. The van der Waals surface area contributed by atoms with Crippen molar-refractivity contribution in [3.05, 3.63) is 29.7 Å². The minimum Gasteiger partial charge on any atom is -0.444 e. The summed E-state index contributed by atoms with van der Waals surface area (Å²) in [6, 6.07) is 1.87. The Balaban J connectivity index is 2.01. The fourth-order valence-corrected chi connectivity index (χ4v) is 1.64. The smallest absolute Gasteiger partial charge is 0.407 e. The molecule has 2 heterocycles. The van der Waals surface area contributed by atoms with Gasteiger partial charge in [0.1, 0.15) is 5.60 Å². The minimum absolute atomic E-state index is 0.288. The van der Waals surface area contributed by atoms with Crippen LogP contribution < -0.4 is 11.1 Å². The van der Waals surface area contributed by atoms with Crippen molar-refractivity contribution in [1.82, 2.24) is 19.9 Å². The van der Waals surface area contributed by atoms with Crippen molar-refractivity contribution in [3.63, 3.8) is 0 Å². The number of fused-ring (bicyclic) bond motifs is 1. The lowest BCUT2D eigenvalue weighted by atomic mass is 10.2. The third-order valence-electron chi connectivity index (χ3n) is 2.48. The number of hydrogen-bond acceptors (Lipinski definition) is 5. The molecule has 0 radical (unpaired) electrons. The lowest BCUT2D eigenvalue weighted by Gasteiger charge is -2.19. The van der Waals surface area contributed by atoms with E-state index in [0.717, 1.165) is 5.56 Å². The second-order valence-electron chi connectivity index (χ2n) is 5.46. The maximum absolute atomic E-state index is 11.5. The molecule has 7 nitrogen and oxygen atoms in total. The standard InChI is InChI=1S/C13H19N5O2/c1-13(2,3)20-12(19)15-7-10-8-18-11(17-10)4-9(5-14)6-16-18/h4,6,8H,5,7,14H2,1-3H3,(H,15,19). The summed E-state index contributed by atoms with van der Waals surface area (Å²) in [4.78, 5) is 15.9. The van der Waals surface area contributed by atoms with E-state index in [1.165, 1.54) is 0 Å². The highest BCUT2D eigenvalue weighted by molar-refractivity contribution is 5.67. The zero-order chi connectivity index (χ0) is 14.8. The van der Waals surface area contributed by atoms with E-state index in [1.807, 2.05) is 26.8 Å². The van der Waals surface area contributed by atoms with E-state index in [-0.39, 0.29) is 6.54 Å². The van der Waals surface area contributed by atoms with Crippen LogP contribution in [-0.2, 0) is 17.8 Å². The van der Waals surface area contributed by atoms with Crippen molar-refractivity contribution < 1.29 is 9.53 Å². The zero-order valence-corrected chi connectivity index (χ0v) is 11.9. The summed E-state index contributed by atoms with van der Waals surface area (Å²) in [5.41, 5.74) is 7.36. The molecule has 0 aromatic carbocycles. The van der Waals surface area contributed by atoms with Gasteiger partial charge in [0.2, 0.25) is 0 Å². The molecule has 0 saturated heterocycles. The Kier molecular flexibility index (Phi) is 3.89. The fourth-order valence-electron chi connectivity index (χ4n) is 1.64. The summed E-state index contributed by atoms with van der Waals surface area (Å²) >= 11 is 0. The van der Waals surface area contributed by atoms with Gasteiger partial charge in [-0.15, -0.1) is 0 Å². The van der Waals surface area contributed by atoms with Crippen LogP contribution in [0, 0.1) is 0 Å². The molecule has 3 N–H and O–H groups in total. The maximum atomic E-state index is 11.5. The van der Waals surface area contributed by atoms with Crippen molar-refractivity contribution >= 4 is 11.7 Å². The average molecular weight is 277 g/mol. The zero-order valence-electron chi connectivity index (χ0n) is 11.9. The molecule has 0 spiro atoms. The predicted octanol–water partition coefficient (Wildman–Crippen LogP) is 1.21. The van der Waals surface area contributed by atoms with Gasteiger partial charge in [0.05, 0.1) is 24.6 Å². The minimum atomic E-state index is -0.513. The van der Waals surface area contributed by atoms with Crippen LogP contribution in [0.5, 0.6) is 0 Å². The molecule has 2 aromatic rings. The molecule has 1 amide bonds. The number of carbonyl (C=O) groups excluding carboxylic acids is 1. The molecule has 2 rings (SSSR count). The SMILES string of the molecule is CC(C)(C)OC(=O)NCc1cn2ncc(CN)cc2n1. The third kappa shape index (κ3) is 3.67. The van der Waals surface area contributed by atoms with Crippen LogP contribution in [-0.4, -0.2) is 26.3 Å². The summed E-state index contributed by atoms with van der Waals surface area (Å²) in [6.07, 6.45) is 2.98. The molecule has 2 aromatic heterocycles. The first kappa shape index (κ1) is 14.3. The fraction of sp³-hybridized carbons (Fsp3) is 0.462. The maximum Gasteiger partial charge on any atom is 0.407 e. The van der Waals surface area contributed by atoms with Crippen LogP contribution in [0.25, 0.3) is 5.65 Å². The number of imidazole rings is 1. The molecule has 0 saturated carbocycles. The van der Waals surface area contributed by atoms with Gasteiger partial charge in [0.15, 0.2) is 5.65 Å². The lowest BCUT2D eigenvalue weighted by molar-refractivity contribution is 0.0523. The summed E-state index contributed by atoms with van der Waals surface area (Å²) < 4.78 is 6.80. The lowest BCUT2D eigenvalue weighted by Crippen LogP contribution is -2.32. The van der Waals surface area contributed by atoms with E-state index in [2.05, 4.69) is 15.4 Å². The van der Waals surface area contributed by atoms with E-state index >= 15 is 0 Å². The van der Waals surface area contributed by atoms with Crippen LogP contribution in [0.4, 0.5) is 4.79 Å². The van der Waals surface area contributed by atoms with Gasteiger partial charge in [-0.25, -0.2) is 14.3 Å². The van der Waals surface area contributed by atoms with Crippen molar-refractivity contribution in [1.29, 1.82) is 0 Å². The van der Waals surface area contributed by atoms with Gasteiger partial charge in [0, 0.05) is 6.54 Å². The van der Waals surface area contributed by atoms with E-state index in [1.54, 1.807) is 16.9 Å². The van der Waals surface area contributed by atoms with Crippen molar-refractivity contribution in [2.24, 2.45) is 5.73 Å². The van der Waals surface area contributed by atoms with Gasteiger partial charge in [-0.05, 0) is 32.4 Å². The quantitative estimate of drug-likeness (QED) is 0.879. The van der Waals surface area contributed by atoms with Crippen LogP contribution in [0.2, 0.25) is 0 Å². The van der Waals surface area contributed by atoms with E-state index in [9.17, 15) is 4.79 Å². The Morgan fingerprint density at radius 2 is 2.25 bits per heavy atom. The number of rotatable bonds is 3. The van der Waals surface area contributed by atoms with E-state index in [4.69, 9.17) is 10.5 Å². The van der Waals surface area contributed by atoms with Crippen molar-refractivity contribution in [2.45, 2.75) is 39.5 Å². The molecule has 0 unspecified atom stereocenters. The molecule has 0 bridgehead atoms. The number of carbonyl (C=O) groups is 1. The van der Waals surface area contributed by atoms with Gasteiger partial charge in [-0.1, -0.05) is 0 Å². The van der Waals surface area contributed by atoms with Gasteiger partial charge in [0.25, 0.3) is 0 Å². The predicted molar refractivity (Wildman–Crippen MR) is 74.0 cm³/mol. The molecule has 0 atom stereocenters. The highest BCUT2D eigenvalue weighted by Gasteiger charge is 2.16. The molecule has 0 aliphatic carbocycles. The van der Waals surface area contributed by atoms with Crippen LogP contribution >= 0.6 is 0 Å². The normalized spacial score (nSPS) is 11.6. The number of nitrogens with zero attached hydrogens (tertiary/aromatic N) is 3. The number of aromatic nitrogens is 3. The largest absolute Gasteiger partial charge is 0.444 e. The van der Waals surface area contributed by atoms with Gasteiger partial charge in [-0.2, -0.15) is 5.10 Å². The van der Waals surface area contributed by atoms with Gasteiger partial charge >= 0.3 is 6.09 Å². The van der Waals surface area contributed by atoms with Gasteiger partial charge in [-0.3, -0.25) is 0 Å². The number of nitrogens with two attached hydrogens (primary N) is 1. The molecule has 108 valence electrons. The molecular weight excluding hydrogens is 258 g/mol. The third-order valence-corrected chi connectivity index (χ3v) is 2.48. The number of nitrogens with one attached hydrogen (secondary N) is 1. The second-order valence-corrected chi connectivity index (χ2v) is 5.46. The van der Waals surface area contributed by atoms with Crippen LogP contribution in [0.3, 0.4) is 0 Å². The molecule has 7 heteroatoms. The number of alkyl carbamates (subject to hydrolysis) is 1. The average Bonchev–Trinajstić information content (AvgIpc) is 2.75. The number of hydrogen-bond donors (Lipinski definition) is 2. The monoisotopic (exact) mass is 277 g/mol. The second kappa shape index (κ2) is 5.46. The highest BCUT2D eigenvalue weighted by atomic mass is 16.6. The first-order valence-corrected chi connectivity index (χ1v) is 6.37. The molecule has 0 aliphatic heterocycles. The summed E-state index contributed by atoms with van der Waals surface area (Å²) in [5, 5.41) is 6.84. The van der Waals surface area contributed by atoms with E-state index < -0.39 is 11.7 Å². The summed E-state index contributed by atoms with van der Waals surface area (Å²) in [6.45, 7) is 6.15. The first-order chi connectivity index (χ1) is 9.37. The molecular formula is C13H19N5O2. The molecule has 0 aliphatic rings. The first-order valence-electron chi connectivity index (χ1n) is 6.37. The van der Waals surface area contributed by atoms with Crippen LogP contribution in [0.15, 0.2) is 18.5 Å². The highest BCUT2D eigenvalue weighted by Crippen LogP contribution is 2.08. The Bertz CT molecular complexity index is 615. The summed E-state index contributed by atoms with van der Waals surface area (Å²) in [7, 11) is 0. The van der Waals surface area contributed by atoms with E-state index in [0.29, 0.717) is 17.9 Å². The van der Waals surface area contributed by atoms with Gasteiger partial charge < -0.3 is 15.8 Å². The Morgan fingerprint density at radius 1 is 1.50 bits per heavy atom. The number of amides is 1. The van der Waals surface area contributed by atoms with Crippen molar-refractivity contribution in [2.75, 3.05) is 0 Å². The topological polar surface area (TPSA) is 94.5 Å². The summed E-state index contributed by atoms with van der Waals surface area (Å²) in [5.74, 6) is 0. The Morgan fingerprint density at radius 3 is 2.90 bits per heavy atom. The molecule has 0 fully saturated rings. The Labute approximate surface area is 117 Å².